The van der Waals surface area contributed by atoms with Crippen molar-refractivity contribution in [1.82, 2.24) is 5.32 Å². The maximum atomic E-state index is 12.7. The van der Waals surface area contributed by atoms with Gasteiger partial charge in [-0.05, 0) is 18.9 Å². The molecule has 0 heterocycles. The Bertz CT molecular complexity index is 850. The number of allylic oxidation sites excluding steroid dienone is 2. The number of fused-ring (bicyclic) bond motifs is 2. The first-order valence-corrected chi connectivity index (χ1v) is 9.23. The first kappa shape index (κ1) is 19.6. The number of nitrogens with one attached hydrogen (secondary N) is 1. The second-order valence-corrected chi connectivity index (χ2v) is 6.81. The van der Waals surface area contributed by atoms with Gasteiger partial charge in [0.1, 0.15) is 5.76 Å². The number of hydrogen-bond acceptors (Lipinski definition) is 5. The predicted molar refractivity (Wildman–Crippen MR) is 103 cm³/mol. The van der Waals surface area contributed by atoms with Gasteiger partial charge in [-0.1, -0.05) is 43.0 Å². The molecule has 0 fully saturated rings. The summed E-state index contributed by atoms with van der Waals surface area (Å²) >= 11 is 0. The van der Waals surface area contributed by atoms with E-state index < -0.39 is 5.97 Å². The average Bonchev–Trinajstić information content (AvgIpc) is 3.28. The van der Waals surface area contributed by atoms with Gasteiger partial charge in [0.2, 0.25) is 0 Å². The quantitative estimate of drug-likeness (QED) is 0.234. The molecule has 2 aliphatic rings. The van der Waals surface area contributed by atoms with Crippen molar-refractivity contribution in [2.45, 2.75) is 26.3 Å². The van der Waals surface area contributed by atoms with Crippen LogP contribution in [0.2, 0.25) is 0 Å². The van der Waals surface area contributed by atoms with Crippen molar-refractivity contribution >= 4 is 17.7 Å². The molecule has 1 aromatic carbocycles. The second kappa shape index (κ2) is 8.69. The molecular formula is C22H23NO5. The lowest BCUT2D eigenvalue weighted by Crippen LogP contribution is -2.28. The summed E-state index contributed by atoms with van der Waals surface area (Å²) in [5.74, 6) is -0.289. The van der Waals surface area contributed by atoms with E-state index in [1.165, 1.54) is 13.2 Å². The molecule has 1 N–H and O–H groups in total. The molecule has 2 aliphatic carbocycles. The molecule has 0 spiro atoms. The lowest BCUT2D eigenvalue weighted by molar-refractivity contribution is -0.140. The topological polar surface area (TPSA) is 81.7 Å². The van der Waals surface area contributed by atoms with Gasteiger partial charge in [0.25, 0.3) is 5.91 Å². The molecule has 2 bridgehead atoms. The molecule has 0 aromatic heterocycles. The number of ether oxygens (including phenoxy) is 2. The zero-order chi connectivity index (χ0) is 20.1. The number of carbonyl (C=O) groups excluding carboxylic acids is 3. The minimum Gasteiger partial charge on any atom is -0.501 e. The lowest BCUT2D eigenvalue weighted by atomic mass is 10.0. The highest BCUT2D eigenvalue weighted by Gasteiger charge is 2.40. The molecule has 6 nitrogen and oxygen atoms in total. The molecule has 146 valence electrons. The molecule has 1 amide bonds. The highest BCUT2D eigenvalue weighted by atomic mass is 16.5. The molecule has 6 heteroatoms. The van der Waals surface area contributed by atoms with Crippen LogP contribution in [0.3, 0.4) is 0 Å². The van der Waals surface area contributed by atoms with Crippen LogP contribution in [0.1, 0.15) is 35.7 Å². The molecule has 2 atom stereocenters. The van der Waals surface area contributed by atoms with Gasteiger partial charge in [-0.3, -0.25) is 14.4 Å². The van der Waals surface area contributed by atoms with Gasteiger partial charge in [-0.2, -0.15) is 0 Å². The molecule has 0 saturated heterocycles. The Morgan fingerprint density at radius 2 is 1.89 bits per heavy atom. The van der Waals surface area contributed by atoms with E-state index in [1.807, 2.05) is 24.3 Å². The molecule has 3 rings (SSSR count). The van der Waals surface area contributed by atoms with Crippen LogP contribution in [0, 0.1) is 11.8 Å². The van der Waals surface area contributed by atoms with E-state index in [0.717, 1.165) is 12.0 Å². The van der Waals surface area contributed by atoms with Crippen LogP contribution in [0.4, 0.5) is 0 Å². The Hall–Kier alpha value is -3.15. The van der Waals surface area contributed by atoms with Gasteiger partial charge < -0.3 is 14.8 Å². The molecule has 28 heavy (non-hydrogen) atoms. The number of ketones is 1. The van der Waals surface area contributed by atoms with E-state index in [0.29, 0.717) is 23.4 Å². The average molecular weight is 381 g/mol. The van der Waals surface area contributed by atoms with Gasteiger partial charge in [0.05, 0.1) is 24.9 Å². The number of Topliss-reactive ketones (excluding diaryl/α,β-unsaturated/α-hetero) is 1. The van der Waals surface area contributed by atoms with Crippen molar-refractivity contribution in [2.75, 3.05) is 6.61 Å². The van der Waals surface area contributed by atoms with E-state index >= 15 is 0 Å². The Morgan fingerprint density at radius 3 is 2.57 bits per heavy atom. The zero-order valence-corrected chi connectivity index (χ0v) is 15.8. The molecule has 0 radical (unpaired) electrons. The van der Waals surface area contributed by atoms with Crippen molar-refractivity contribution in [3.63, 3.8) is 0 Å². The highest BCUT2D eigenvalue weighted by molar-refractivity contribution is 5.96. The lowest BCUT2D eigenvalue weighted by Gasteiger charge is -2.16. The Morgan fingerprint density at radius 1 is 1.18 bits per heavy atom. The maximum absolute atomic E-state index is 12.7. The fourth-order valence-electron chi connectivity index (χ4n) is 3.44. The number of hydrogen-bond donors (Lipinski definition) is 1. The number of carbonyl (C=O) groups is 3. The van der Waals surface area contributed by atoms with E-state index in [9.17, 15) is 14.4 Å². The van der Waals surface area contributed by atoms with E-state index in [-0.39, 0.29) is 36.6 Å². The van der Waals surface area contributed by atoms with E-state index in [1.54, 1.807) is 12.1 Å². The normalized spacial score (nSPS) is 19.5. The monoisotopic (exact) mass is 381 g/mol. The Balaban J connectivity index is 1.64. The molecule has 1 aromatic rings. The van der Waals surface area contributed by atoms with Gasteiger partial charge in [-0.25, -0.2) is 0 Å². The van der Waals surface area contributed by atoms with E-state index in [2.05, 4.69) is 11.9 Å². The van der Waals surface area contributed by atoms with Crippen molar-refractivity contribution in [3.8, 4) is 0 Å². The van der Waals surface area contributed by atoms with Crippen LogP contribution in [0.25, 0.3) is 0 Å². The minimum absolute atomic E-state index is 0.000503. The summed E-state index contributed by atoms with van der Waals surface area (Å²) in [6.07, 6.45) is 6.08. The van der Waals surface area contributed by atoms with Gasteiger partial charge >= 0.3 is 5.97 Å². The number of rotatable bonds is 9. The standard InChI is InChI=1S/C22H23NO5/c1-3-27-11-10-19(25)28-21-18-9-8-17(12-18)20(21)22(26)23-13-15-4-6-16(7-5-15)14(2)24/h3-9,17-18H,1,10-13H2,2H3,(H,23,26). The minimum atomic E-state index is -0.428. The largest absolute Gasteiger partial charge is 0.501 e. The fourth-order valence-corrected chi connectivity index (χ4v) is 3.44. The third kappa shape index (κ3) is 4.39. The summed E-state index contributed by atoms with van der Waals surface area (Å²) in [5, 5.41) is 2.89. The predicted octanol–water partition coefficient (Wildman–Crippen LogP) is 3.06. The van der Waals surface area contributed by atoms with Crippen LogP contribution in [0.5, 0.6) is 0 Å². The SMILES string of the molecule is C=COCCC(=O)OC1=C(C(=O)NCc2ccc(C(C)=O)cc2)C2C=CC1C2. The third-order valence-electron chi connectivity index (χ3n) is 4.88. The smallest absolute Gasteiger partial charge is 0.314 e. The fraction of sp³-hybridized carbons (Fsp3) is 0.318. The van der Waals surface area contributed by atoms with Crippen LogP contribution < -0.4 is 5.32 Å². The van der Waals surface area contributed by atoms with Crippen LogP contribution >= 0.6 is 0 Å². The van der Waals surface area contributed by atoms with Gasteiger partial charge in [-0.15, -0.1) is 0 Å². The molecule has 2 unspecified atom stereocenters. The Kier molecular flexibility index (Phi) is 6.09. The summed E-state index contributed by atoms with van der Waals surface area (Å²) in [6.45, 7) is 5.46. The van der Waals surface area contributed by atoms with Gasteiger partial charge in [0.15, 0.2) is 5.78 Å². The summed E-state index contributed by atoms with van der Waals surface area (Å²) < 4.78 is 10.4. The first-order chi connectivity index (χ1) is 13.5. The molecule has 0 aliphatic heterocycles. The summed E-state index contributed by atoms with van der Waals surface area (Å²) in [7, 11) is 0. The number of amides is 1. The number of benzene rings is 1. The Labute approximate surface area is 163 Å². The summed E-state index contributed by atoms with van der Waals surface area (Å²) in [6, 6.07) is 7.10. The van der Waals surface area contributed by atoms with Crippen molar-refractivity contribution < 1.29 is 23.9 Å². The van der Waals surface area contributed by atoms with Crippen molar-refractivity contribution in [3.05, 3.63) is 71.7 Å². The van der Waals surface area contributed by atoms with Crippen molar-refractivity contribution in [2.24, 2.45) is 11.8 Å². The molecule has 0 saturated carbocycles. The maximum Gasteiger partial charge on any atom is 0.314 e. The summed E-state index contributed by atoms with van der Waals surface area (Å²) in [5.41, 5.74) is 2.04. The molecular weight excluding hydrogens is 358 g/mol. The van der Waals surface area contributed by atoms with Gasteiger partial charge in [0, 0.05) is 23.9 Å². The van der Waals surface area contributed by atoms with E-state index in [4.69, 9.17) is 9.47 Å². The van der Waals surface area contributed by atoms with Crippen LogP contribution in [-0.2, 0) is 25.6 Å². The van der Waals surface area contributed by atoms with Crippen molar-refractivity contribution in [1.29, 1.82) is 0 Å². The third-order valence-corrected chi connectivity index (χ3v) is 4.88. The van der Waals surface area contributed by atoms with Crippen LogP contribution in [0.15, 0.2) is 60.6 Å². The van der Waals surface area contributed by atoms with Crippen LogP contribution in [-0.4, -0.2) is 24.3 Å². The zero-order valence-electron chi connectivity index (χ0n) is 15.8. The second-order valence-electron chi connectivity index (χ2n) is 6.81. The summed E-state index contributed by atoms with van der Waals surface area (Å²) in [4.78, 5) is 36.1. The highest BCUT2D eigenvalue weighted by Crippen LogP contribution is 2.44. The first-order valence-electron chi connectivity index (χ1n) is 9.23. The number of esters is 1.